The lowest BCUT2D eigenvalue weighted by Crippen LogP contribution is -2.04. The number of thiazole rings is 1. The molecule has 0 spiro atoms. The van der Waals surface area contributed by atoms with Crippen LogP contribution >= 0.6 is 34.5 Å². The summed E-state index contributed by atoms with van der Waals surface area (Å²) in [4.78, 5) is 7.02. The lowest BCUT2D eigenvalue weighted by atomic mass is 10.1. The van der Waals surface area contributed by atoms with Gasteiger partial charge in [-0.25, -0.2) is 4.98 Å². The van der Waals surface area contributed by atoms with Gasteiger partial charge in [-0.05, 0) is 25.5 Å². The second-order valence-electron chi connectivity index (χ2n) is 4.82. The third-order valence-electron chi connectivity index (χ3n) is 3.58. The van der Waals surface area contributed by atoms with Gasteiger partial charge in [0.05, 0.1) is 21.4 Å². The Bertz CT molecular complexity index is 820. The number of hydrogen-bond acceptors (Lipinski definition) is 3. The van der Waals surface area contributed by atoms with E-state index < -0.39 is 0 Å². The average molecular weight is 340 g/mol. The molecule has 21 heavy (non-hydrogen) atoms. The van der Waals surface area contributed by atoms with E-state index in [-0.39, 0.29) is 0 Å². The normalized spacial score (nSPS) is 11.5. The van der Waals surface area contributed by atoms with Gasteiger partial charge in [0.1, 0.15) is 0 Å². The lowest BCUT2D eigenvalue weighted by molar-refractivity contribution is 0.902. The van der Waals surface area contributed by atoms with Crippen LogP contribution in [-0.2, 0) is 13.0 Å². The monoisotopic (exact) mass is 339 g/mol. The van der Waals surface area contributed by atoms with E-state index in [9.17, 15) is 0 Å². The summed E-state index contributed by atoms with van der Waals surface area (Å²) >= 11 is 13.8. The number of rotatable bonds is 3. The minimum atomic E-state index is 0.430. The maximum absolute atomic E-state index is 6.12. The molecular weight excluding hydrogens is 325 g/mol. The summed E-state index contributed by atoms with van der Waals surface area (Å²) < 4.78 is 2.18. The van der Waals surface area contributed by atoms with E-state index in [2.05, 4.69) is 18.2 Å². The SMILES string of the molecule is CCc1c(C)sc2nc(-c3ccc(Cl)c(Cl)c3)c(CN)n12. The lowest BCUT2D eigenvalue weighted by Gasteiger charge is -2.06. The maximum atomic E-state index is 6.12. The van der Waals surface area contributed by atoms with Crippen LogP contribution in [0.2, 0.25) is 10.0 Å². The van der Waals surface area contributed by atoms with E-state index in [0.29, 0.717) is 16.6 Å². The van der Waals surface area contributed by atoms with Gasteiger partial charge in [0, 0.05) is 22.7 Å². The van der Waals surface area contributed by atoms with Crippen LogP contribution in [0.25, 0.3) is 16.2 Å². The molecule has 3 nitrogen and oxygen atoms in total. The van der Waals surface area contributed by atoms with E-state index >= 15 is 0 Å². The van der Waals surface area contributed by atoms with Crippen LogP contribution in [0.1, 0.15) is 23.2 Å². The fraction of sp³-hybridized carbons (Fsp3) is 0.267. The third kappa shape index (κ3) is 2.36. The zero-order valence-electron chi connectivity index (χ0n) is 11.8. The summed E-state index contributed by atoms with van der Waals surface area (Å²) in [7, 11) is 0. The van der Waals surface area contributed by atoms with E-state index in [1.807, 2.05) is 12.1 Å². The Balaban J connectivity index is 2.27. The maximum Gasteiger partial charge on any atom is 0.194 e. The Morgan fingerprint density at radius 1 is 1.24 bits per heavy atom. The Labute approximate surface area is 137 Å². The molecule has 0 aliphatic rings. The predicted octanol–water partition coefficient (Wildman–Crippen LogP) is 4.70. The molecular formula is C15H15Cl2N3S. The minimum absolute atomic E-state index is 0.430. The summed E-state index contributed by atoms with van der Waals surface area (Å²) in [6, 6.07) is 5.56. The molecule has 1 aromatic carbocycles. The second-order valence-corrected chi connectivity index (χ2v) is 6.81. The highest BCUT2D eigenvalue weighted by atomic mass is 35.5. The quantitative estimate of drug-likeness (QED) is 0.751. The first-order valence-electron chi connectivity index (χ1n) is 6.71. The fourth-order valence-electron chi connectivity index (χ4n) is 2.60. The van der Waals surface area contributed by atoms with Crippen molar-refractivity contribution in [2.45, 2.75) is 26.8 Å². The van der Waals surface area contributed by atoms with Gasteiger partial charge in [-0.3, -0.25) is 4.40 Å². The molecule has 2 aromatic heterocycles. The van der Waals surface area contributed by atoms with Crippen LogP contribution in [0.15, 0.2) is 18.2 Å². The molecule has 3 rings (SSSR count). The number of aromatic nitrogens is 2. The minimum Gasteiger partial charge on any atom is -0.325 e. The van der Waals surface area contributed by atoms with Crippen LogP contribution in [0.5, 0.6) is 0 Å². The molecule has 0 aliphatic carbocycles. The van der Waals surface area contributed by atoms with Gasteiger partial charge in [-0.2, -0.15) is 0 Å². The van der Waals surface area contributed by atoms with Crippen LogP contribution in [0.3, 0.4) is 0 Å². The molecule has 0 atom stereocenters. The Morgan fingerprint density at radius 3 is 2.62 bits per heavy atom. The van der Waals surface area contributed by atoms with Gasteiger partial charge < -0.3 is 5.73 Å². The molecule has 0 radical (unpaired) electrons. The topological polar surface area (TPSA) is 43.3 Å². The Morgan fingerprint density at radius 2 is 2.00 bits per heavy atom. The predicted molar refractivity (Wildman–Crippen MR) is 90.5 cm³/mol. The van der Waals surface area contributed by atoms with Crippen molar-refractivity contribution in [3.8, 4) is 11.3 Å². The first kappa shape index (κ1) is 14.9. The zero-order chi connectivity index (χ0) is 15.1. The van der Waals surface area contributed by atoms with Crippen LogP contribution in [-0.4, -0.2) is 9.38 Å². The fourth-order valence-corrected chi connectivity index (χ4v) is 3.98. The molecule has 0 fully saturated rings. The number of hydrogen-bond donors (Lipinski definition) is 1. The summed E-state index contributed by atoms with van der Waals surface area (Å²) in [5.41, 5.74) is 10.1. The van der Waals surface area contributed by atoms with E-state index in [0.717, 1.165) is 28.3 Å². The standard InChI is InChI=1S/C15H15Cl2N3S/c1-3-12-8(2)21-15-19-14(13(7-18)20(12)15)9-4-5-10(16)11(17)6-9/h4-6H,3,7,18H2,1-2H3. The van der Waals surface area contributed by atoms with Gasteiger partial charge in [0.25, 0.3) is 0 Å². The number of nitrogens with zero attached hydrogens (tertiary/aromatic N) is 2. The van der Waals surface area contributed by atoms with Gasteiger partial charge >= 0.3 is 0 Å². The number of halogens is 2. The molecule has 6 heteroatoms. The van der Waals surface area contributed by atoms with Crippen molar-refractivity contribution in [1.82, 2.24) is 9.38 Å². The van der Waals surface area contributed by atoms with Crippen molar-refractivity contribution >= 4 is 39.5 Å². The first-order chi connectivity index (χ1) is 10.1. The zero-order valence-corrected chi connectivity index (χ0v) is 14.1. The van der Waals surface area contributed by atoms with Crippen LogP contribution in [0, 0.1) is 6.92 Å². The van der Waals surface area contributed by atoms with Gasteiger partial charge in [0.2, 0.25) is 0 Å². The largest absolute Gasteiger partial charge is 0.325 e. The van der Waals surface area contributed by atoms with E-state index in [1.54, 1.807) is 17.4 Å². The van der Waals surface area contributed by atoms with Gasteiger partial charge in [0.15, 0.2) is 4.96 Å². The molecule has 3 aromatic rings. The summed E-state index contributed by atoms with van der Waals surface area (Å²) in [5, 5.41) is 1.07. The third-order valence-corrected chi connectivity index (χ3v) is 5.32. The highest BCUT2D eigenvalue weighted by molar-refractivity contribution is 7.17. The Kier molecular flexibility index (Phi) is 3.97. The molecule has 0 aliphatic heterocycles. The summed E-state index contributed by atoms with van der Waals surface area (Å²) in [6.45, 7) is 4.70. The van der Waals surface area contributed by atoms with Crippen molar-refractivity contribution in [2.75, 3.05) is 0 Å². The summed E-state index contributed by atoms with van der Waals surface area (Å²) in [5.74, 6) is 0. The molecule has 0 amide bonds. The number of fused-ring (bicyclic) bond motifs is 1. The molecule has 0 bridgehead atoms. The molecule has 110 valence electrons. The molecule has 2 heterocycles. The number of aryl methyl sites for hydroxylation is 2. The second kappa shape index (κ2) is 5.61. The van der Waals surface area contributed by atoms with E-state index in [1.165, 1.54) is 10.6 Å². The highest BCUT2D eigenvalue weighted by Crippen LogP contribution is 2.33. The van der Waals surface area contributed by atoms with Crippen molar-refractivity contribution < 1.29 is 0 Å². The number of benzene rings is 1. The molecule has 2 N–H and O–H groups in total. The van der Waals surface area contributed by atoms with Crippen molar-refractivity contribution in [3.05, 3.63) is 44.5 Å². The van der Waals surface area contributed by atoms with Crippen LogP contribution in [0.4, 0.5) is 0 Å². The molecule has 0 saturated carbocycles. The molecule has 0 unspecified atom stereocenters. The van der Waals surface area contributed by atoms with Crippen LogP contribution < -0.4 is 5.73 Å². The van der Waals surface area contributed by atoms with Crippen molar-refractivity contribution in [3.63, 3.8) is 0 Å². The Hall–Kier alpha value is -1.07. The summed E-state index contributed by atoms with van der Waals surface area (Å²) in [6.07, 6.45) is 0.954. The molecule has 0 saturated heterocycles. The first-order valence-corrected chi connectivity index (χ1v) is 8.29. The van der Waals surface area contributed by atoms with E-state index in [4.69, 9.17) is 33.9 Å². The van der Waals surface area contributed by atoms with Crippen molar-refractivity contribution in [2.24, 2.45) is 5.73 Å². The number of nitrogens with two attached hydrogens (primary N) is 1. The van der Waals surface area contributed by atoms with Gasteiger partial charge in [-0.1, -0.05) is 36.2 Å². The average Bonchev–Trinajstić information content (AvgIpc) is 2.95. The highest BCUT2D eigenvalue weighted by Gasteiger charge is 2.18. The van der Waals surface area contributed by atoms with Gasteiger partial charge in [-0.15, -0.1) is 11.3 Å². The smallest absolute Gasteiger partial charge is 0.194 e. The van der Waals surface area contributed by atoms with Crippen molar-refractivity contribution in [1.29, 1.82) is 0 Å². The number of imidazole rings is 1.